The van der Waals surface area contributed by atoms with Gasteiger partial charge in [-0.2, -0.15) is 18.2 Å². The van der Waals surface area contributed by atoms with Crippen LogP contribution < -0.4 is 5.32 Å². The zero-order valence-electron chi connectivity index (χ0n) is 8.98. The summed E-state index contributed by atoms with van der Waals surface area (Å²) in [5.41, 5.74) is 0.392. The van der Waals surface area contributed by atoms with Crippen LogP contribution in [0.3, 0.4) is 0 Å². The minimum absolute atomic E-state index is 0.0555. The fourth-order valence-corrected chi connectivity index (χ4v) is 1.16. The van der Waals surface area contributed by atoms with Crippen molar-refractivity contribution in [3.63, 3.8) is 0 Å². The maximum atomic E-state index is 11.9. The van der Waals surface area contributed by atoms with Crippen molar-refractivity contribution in [1.82, 2.24) is 25.4 Å². The van der Waals surface area contributed by atoms with E-state index in [1.165, 1.54) is 18.6 Å². The zero-order chi connectivity index (χ0) is 13.0. The molecule has 2 aromatic rings. The van der Waals surface area contributed by atoms with Crippen molar-refractivity contribution in [1.29, 1.82) is 0 Å². The molecule has 0 spiro atoms. The monoisotopic (exact) mass is 259 g/mol. The first-order chi connectivity index (χ1) is 8.54. The van der Waals surface area contributed by atoms with Crippen LogP contribution in [0.15, 0.2) is 23.1 Å². The molecule has 0 aliphatic rings. The molecular formula is C9H8F3N5O. The minimum atomic E-state index is -4.27. The van der Waals surface area contributed by atoms with Gasteiger partial charge in [-0.1, -0.05) is 5.16 Å². The van der Waals surface area contributed by atoms with Crippen LogP contribution in [0, 0.1) is 0 Å². The maximum Gasteiger partial charge on any atom is 0.401 e. The van der Waals surface area contributed by atoms with E-state index < -0.39 is 12.7 Å². The van der Waals surface area contributed by atoms with Gasteiger partial charge in [0.15, 0.2) is 0 Å². The summed E-state index contributed by atoms with van der Waals surface area (Å²) in [6.45, 7) is -1.28. The lowest BCUT2D eigenvalue weighted by molar-refractivity contribution is -0.125. The zero-order valence-corrected chi connectivity index (χ0v) is 8.98. The van der Waals surface area contributed by atoms with Gasteiger partial charge in [-0.25, -0.2) is 4.98 Å². The summed E-state index contributed by atoms with van der Waals surface area (Å²) in [7, 11) is 0. The van der Waals surface area contributed by atoms with Crippen LogP contribution in [0.5, 0.6) is 0 Å². The van der Waals surface area contributed by atoms with Gasteiger partial charge in [0.25, 0.3) is 0 Å². The highest BCUT2D eigenvalue weighted by atomic mass is 19.4. The Morgan fingerprint density at radius 3 is 2.78 bits per heavy atom. The lowest BCUT2D eigenvalue weighted by Gasteiger charge is -2.05. The fraction of sp³-hybridized carbons (Fsp3) is 0.333. The topological polar surface area (TPSA) is 76.7 Å². The van der Waals surface area contributed by atoms with E-state index in [0.29, 0.717) is 5.69 Å². The third-order valence-corrected chi connectivity index (χ3v) is 1.86. The Kier molecular flexibility index (Phi) is 3.51. The molecule has 0 radical (unpaired) electrons. The summed E-state index contributed by atoms with van der Waals surface area (Å²) in [5, 5.41) is 5.74. The second kappa shape index (κ2) is 5.08. The van der Waals surface area contributed by atoms with E-state index in [-0.39, 0.29) is 18.3 Å². The molecule has 0 fully saturated rings. The van der Waals surface area contributed by atoms with E-state index in [1.54, 1.807) is 0 Å². The average Bonchev–Trinajstić information content (AvgIpc) is 2.77. The molecule has 0 atom stereocenters. The number of aromatic nitrogens is 4. The summed E-state index contributed by atoms with van der Waals surface area (Å²) < 4.78 is 40.4. The molecule has 0 aliphatic carbocycles. The molecule has 0 saturated carbocycles. The van der Waals surface area contributed by atoms with E-state index in [9.17, 15) is 13.2 Å². The Balaban J connectivity index is 1.95. The van der Waals surface area contributed by atoms with Gasteiger partial charge in [-0.3, -0.25) is 4.98 Å². The van der Waals surface area contributed by atoms with Crippen LogP contribution in [0.1, 0.15) is 5.89 Å². The van der Waals surface area contributed by atoms with Crippen molar-refractivity contribution < 1.29 is 17.7 Å². The Morgan fingerprint density at radius 1 is 1.28 bits per heavy atom. The summed E-state index contributed by atoms with van der Waals surface area (Å²) >= 11 is 0. The van der Waals surface area contributed by atoms with E-state index in [1.807, 2.05) is 0 Å². The summed E-state index contributed by atoms with van der Waals surface area (Å²) in [5.74, 6) is 0.242. The second-order valence-corrected chi connectivity index (χ2v) is 3.32. The average molecular weight is 259 g/mol. The lowest BCUT2D eigenvalue weighted by Crippen LogP contribution is -2.28. The highest BCUT2D eigenvalue weighted by molar-refractivity contribution is 5.45. The maximum absolute atomic E-state index is 11.9. The van der Waals surface area contributed by atoms with E-state index >= 15 is 0 Å². The van der Waals surface area contributed by atoms with Gasteiger partial charge in [0.2, 0.25) is 11.7 Å². The second-order valence-electron chi connectivity index (χ2n) is 3.32. The van der Waals surface area contributed by atoms with Gasteiger partial charge in [0, 0.05) is 12.4 Å². The van der Waals surface area contributed by atoms with Crippen LogP contribution in [-0.4, -0.2) is 32.8 Å². The quantitative estimate of drug-likeness (QED) is 0.888. The third-order valence-electron chi connectivity index (χ3n) is 1.86. The predicted molar refractivity (Wildman–Crippen MR) is 53.1 cm³/mol. The van der Waals surface area contributed by atoms with Gasteiger partial charge in [0.05, 0.1) is 19.3 Å². The van der Waals surface area contributed by atoms with Gasteiger partial charge < -0.3 is 9.84 Å². The molecule has 2 aromatic heterocycles. The standard InChI is InChI=1S/C9H8F3N5O/c10-9(11,12)5-14-4-7-16-8(17-18-7)6-3-13-1-2-15-6/h1-3,14H,4-5H2. The molecule has 2 rings (SSSR count). The predicted octanol–water partition coefficient (Wildman–Crippen LogP) is 1.18. The van der Waals surface area contributed by atoms with Crippen molar-refractivity contribution in [3.05, 3.63) is 24.5 Å². The Labute approximate surface area is 99.3 Å². The smallest absolute Gasteiger partial charge is 0.337 e. The van der Waals surface area contributed by atoms with Crippen molar-refractivity contribution in [2.75, 3.05) is 6.54 Å². The molecule has 0 amide bonds. The molecule has 0 saturated heterocycles. The van der Waals surface area contributed by atoms with E-state index in [0.717, 1.165) is 0 Å². The Bertz CT molecular complexity index is 498. The highest BCUT2D eigenvalue weighted by Crippen LogP contribution is 2.13. The van der Waals surface area contributed by atoms with Gasteiger partial charge in [-0.15, -0.1) is 0 Å². The van der Waals surface area contributed by atoms with Crippen LogP contribution in [-0.2, 0) is 6.54 Å². The number of hydrogen-bond donors (Lipinski definition) is 1. The van der Waals surface area contributed by atoms with Gasteiger partial charge >= 0.3 is 6.18 Å². The number of halogens is 3. The van der Waals surface area contributed by atoms with Crippen molar-refractivity contribution >= 4 is 0 Å². The molecule has 9 heteroatoms. The normalized spacial score (nSPS) is 11.7. The van der Waals surface area contributed by atoms with Crippen LogP contribution >= 0.6 is 0 Å². The first kappa shape index (κ1) is 12.4. The van der Waals surface area contributed by atoms with E-state index in [4.69, 9.17) is 4.52 Å². The molecule has 18 heavy (non-hydrogen) atoms. The molecule has 96 valence electrons. The molecule has 1 N–H and O–H groups in total. The Morgan fingerprint density at radius 2 is 2.11 bits per heavy atom. The number of nitrogens with zero attached hydrogens (tertiary/aromatic N) is 4. The van der Waals surface area contributed by atoms with Gasteiger partial charge in [-0.05, 0) is 0 Å². The van der Waals surface area contributed by atoms with E-state index in [2.05, 4.69) is 25.4 Å². The van der Waals surface area contributed by atoms with Crippen molar-refractivity contribution in [2.24, 2.45) is 0 Å². The van der Waals surface area contributed by atoms with Crippen molar-refractivity contribution in [3.8, 4) is 11.5 Å². The molecule has 0 aliphatic heterocycles. The van der Waals surface area contributed by atoms with Gasteiger partial charge in [0.1, 0.15) is 5.69 Å². The van der Waals surface area contributed by atoms with Crippen molar-refractivity contribution in [2.45, 2.75) is 12.7 Å². The van der Waals surface area contributed by atoms with Crippen LogP contribution in [0.25, 0.3) is 11.5 Å². The first-order valence-electron chi connectivity index (χ1n) is 4.91. The van der Waals surface area contributed by atoms with Crippen LogP contribution in [0.4, 0.5) is 13.2 Å². The molecule has 0 aromatic carbocycles. The summed E-state index contributed by atoms with van der Waals surface area (Å²) in [4.78, 5) is 11.6. The molecule has 2 heterocycles. The number of nitrogens with one attached hydrogen (secondary N) is 1. The third kappa shape index (κ3) is 3.48. The molecule has 0 unspecified atom stereocenters. The summed E-state index contributed by atoms with van der Waals surface area (Å²) in [6, 6.07) is 0. The largest absolute Gasteiger partial charge is 0.401 e. The minimum Gasteiger partial charge on any atom is -0.337 e. The highest BCUT2D eigenvalue weighted by Gasteiger charge is 2.26. The van der Waals surface area contributed by atoms with Crippen LogP contribution in [0.2, 0.25) is 0 Å². The number of alkyl halides is 3. The SMILES string of the molecule is FC(F)(F)CNCc1nc(-c2cnccn2)no1. The molecule has 0 bridgehead atoms. The Hall–Kier alpha value is -2.03. The summed E-state index contributed by atoms with van der Waals surface area (Å²) in [6.07, 6.45) is 0.0915. The number of rotatable bonds is 4. The fourth-order valence-electron chi connectivity index (χ4n) is 1.16. The number of hydrogen-bond acceptors (Lipinski definition) is 6. The molecule has 6 nitrogen and oxygen atoms in total. The molecular weight excluding hydrogens is 251 g/mol. The lowest BCUT2D eigenvalue weighted by atomic mass is 10.4. The first-order valence-corrected chi connectivity index (χ1v) is 4.91.